The van der Waals surface area contributed by atoms with E-state index in [-0.39, 0.29) is 35.1 Å². The minimum Gasteiger partial charge on any atom is -0.351 e. The number of likely N-dealkylation sites (N-methyl/N-ethyl adjacent to an activating group) is 1. The van der Waals surface area contributed by atoms with Gasteiger partial charge in [0.15, 0.2) is 0 Å². The van der Waals surface area contributed by atoms with Crippen molar-refractivity contribution in [1.29, 1.82) is 0 Å². The fraction of sp³-hybridized carbons (Fsp3) is 0.846. The van der Waals surface area contributed by atoms with Gasteiger partial charge < -0.3 is 15.4 Å². The van der Waals surface area contributed by atoms with Gasteiger partial charge in [-0.25, -0.2) is 0 Å². The summed E-state index contributed by atoms with van der Waals surface area (Å²) < 4.78 is -0.560. The Kier molecular flexibility index (Phi) is 9.27. The molecule has 0 aromatic carbocycles. The van der Waals surface area contributed by atoms with Crippen LogP contribution in [0.3, 0.4) is 0 Å². The Labute approximate surface area is 210 Å². The van der Waals surface area contributed by atoms with Crippen LogP contribution in [0.4, 0.5) is 0 Å². The molecule has 0 aliphatic carbocycles. The van der Waals surface area contributed by atoms with Crippen LogP contribution in [-0.2, 0) is 19.2 Å². The number of carbonyl (C=O) groups is 4. The average Bonchev–Trinajstić information content (AvgIpc) is 2.85. The first kappa shape index (κ1) is 30.6. The molecule has 0 spiro atoms. The molecule has 1 heterocycles. The average molecular weight is 498 g/mol. The lowest BCUT2D eigenvalue weighted by Gasteiger charge is -2.42. The van der Waals surface area contributed by atoms with Crippen LogP contribution in [-0.4, -0.2) is 63.1 Å². The summed E-state index contributed by atoms with van der Waals surface area (Å²) in [7, 11) is 1.70. The van der Waals surface area contributed by atoms with Crippen molar-refractivity contribution in [3.63, 3.8) is 0 Å². The number of nitrogens with one attached hydrogen (secondary N) is 2. The molecule has 0 aromatic rings. The molecule has 1 aliphatic heterocycles. The molecular formula is C26H47N3O4S. The Hall–Kier alpha value is -1.41. The van der Waals surface area contributed by atoms with Crippen molar-refractivity contribution in [1.82, 2.24) is 15.5 Å². The molecule has 0 bridgehead atoms. The number of hydrogen-bond donors (Lipinski definition) is 2. The van der Waals surface area contributed by atoms with Crippen LogP contribution < -0.4 is 10.6 Å². The Morgan fingerprint density at radius 1 is 1.03 bits per heavy atom. The zero-order valence-corrected chi connectivity index (χ0v) is 24.2. The summed E-state index contributed by atoms with van der Waals surface area (Å²) in [5.74, 6) is -0.582. The molecule has 8 heteroatoms. The number of amides is 3. The number of imide groups is 1. The summed E-state index contributed by atoms with van der Waals surface area (Å²) in [5.41, 5.74) is -1.95. The van der Waals surface area contributed by atoms with Gasteiger partial charge in [-0.1, -0.05) is 34.6 Å². The quantitative estimate of drug-likeness (QED) is 0.332. The number of aldehydes is 1. The van der Waals surface area contributed by atoms with Crippen molar-refractivity contribution in [3.05, 3.63) is 0 Å². The Morgan fingerprint density at radius 2 is 1.56 bits per heavy atom. The minimum absolute atomic E-state index is 0.0607. The highest BCUT2D eigenvalue weighted by Crippen LogP contribution is 2.41. The third-order valence-corrected chi connectivity index (χ3v) is 7.78. The van der Waals surface area contributed by atoms with E-state index in [1.54, 1.807) is 7.05 Å². The fourth-order valence-corrected chi connectivity index (χ4v) is 6.92. The second kappa shape index (κ2) is 10.3. The largest absolute Gasteiger partial charge is 0.351 e. The highest BCUT2D eigenvalue weighted by molar-refractivity contribution is 8.02. The molecular weight excluding hydrogens is 450 g/mol. The third-order valence-electron chi connectivity index (χ3n) is 6.27. The van der Waals surface area contributed by atoms with Crippen LogP contribution in [0.1, 0.15) is 95.4 Å². The molecule has 2 atom stereocenters. The van der Waals surface area contributed by atoms with Crippen molar-refractivity contribution in [3.8, 4) is 0 Å². The lowest BCUT2D eigenvalue weighted by molar-refractivity contribution is -0.148. The molecule has 3 amide bonds. The lowest BCUT2D eigenvalue weighted by Crippen LogP contribution is -2.55. The molecule has 2 unspecified atom stereocenters. The van der Waals surface area contributed by atoms with Gasteiger partial charge in [0.2, 0.25) is 17.7 Å². The first-order chi connectivity index (χ1) is 15.1. The van der Waals surface area contributed by atoms with Gasteiger partial charge in [-0.2, -0.15) is 0 Å². The zero-order chi connectivity index (χ0) is 26.9. The van der Waals surface area contributed by atoms with Gasteiger partial charge in [0.25, 0.3) is 0 Å². The van der Waals surface area contributed by atoms with E-state index < -0.39 is 27.0 Å². The summed E-state index contributed by atoms with van der Waals surface area (Å²) in [6.45, 7) is 21.7. The Balaban J connectivity index is 3.02. The predicted molar refractivity (Wildman–Crippen MR) is 140 cm³/mol. The molecule has 0 aromatic heterocycles. The monoisotopic (exact) mass is 497 g/mol. The van der Waals surface area contributed by atoms with E-state index in [2.05, 4.69) is 31.4 Å². The number of hydrogen-bond acceptors (Lipinski definition) is 6. The summed E-state index contributed by atoms with van der Waals surface area (Å²) in [6, 6.07) is -0.443. The Morgan fingerprint density at radius 3 is 2.00 bits per heavy atom. The molecule has 1 aliphatic rings. The molecule has 0 radical (unpaired) electrons. The SMILES string of the molecule is CNC(C=O)C(C)(C)SC1CC(=O)N(C(C)(C)CC(C)(C)C(=O)NC(C)(C)CC(C)(C)C)C1=O. The van der Waals surface area contributed by atoms with Gasteiger partial charge in [0, 0.05) is 27.7 Å². The van der Waals surface area contributed by atoms with Crippen LogP contribution in [0.5, 0.6) is 0 Å². The van der Waals surface area contributed by atoms with Crippen LogP contribution in [0, 0.1) is 10.8 Å². The maximum atomic E-state index is 13.4. The van der Waals surface area contributed by atoms with Crippen molar-refractivity contribution in [2.24, 2.45) is 10.8 Å². The van der Waals surface area contributed by atoms with Gasteiger partial charge in [0.05, 0.1) is 11.3 Å². The fourth-order valence-electron chi connectivity index (χ4n) is 5.44. The first-order valence-electron chi connectivity index (χ1n) is 12.1. The van der Waals surface area contributed by atoms with Gasteiger partial charge in [-0.3, -0.25) is 19.3 Å². The summed E-state index contributed by atoms with van der Waals surface area (Å²) >= 11 is 1.35. The second-order valence-electron chi connectivity index (χ2n) is 13.3. The van der Waals surface area contributed by atoms with Gasteiger partial charge >= 0.3 is 0 Å². The lowest BCUT2D eigenvalue weighted by atomic mass is 9.76. The van der Waals surface area contributed by atoms with Gasteiger partial charge in [-0.15, -0.1) is 11.8 Å². The third kappa shape index (κ3) is 7.80. The number of thioether (sulfide) groups is 1. The van der Waals surface area contributed by atoms with Gasteiger partial charge in [0.1, 0.15) is 6.29 Å². The highest BCUT2D eigenvalue weighted by Gasteiger charge is 2.51. The molecule has 7 nitrogen and oxygen atoms in total. The molecule has 1 saturated heterocycles. The molecule has 1 rings (SSSR count). The smallest absolute Gasteiger partial charge is 0.243 e. The van der Waals surface area contributed by atoms with E-state index >= 15 is 0 Å². The molecule has 196 valence electrons. The summed E-state index contributed by atoms with van der Waals surface area (Å²) in [6.07, 6.45) is 2.08. The van der Waals surface area contributed by atoms with Crippen molar-refractivity contribution in [2.75, 3.05) is 7.05 Å². The van der Waals surface area contributed by atoms with E-state index in [1.807, 2.05) is 55.4 Å². The standard InChI is InChI=1S/C26H47N3O4S/c1-22(2,3)15-24(6,7)28-21(33)23(4,5)16-25(8,9)29-19(31)13-17(20(29)32)34-26(10,11)18(14-30)27-12/h14,17-18,27H,13,15-16H2,1-12H3,(H,28,33). The number of rotatable bonds is 11. The van der Waals surface area contributed by atoms with Crippen molar-refractivity contribution < 1.29 is 19.2 Å². The van der Waals surface area contributed by atoms with E-state index in [0.29, 0.717) is 6.42 Å². The van der Waals surface area contributed by atoms with Crippen molar-refractivity contribution in [2.45, 2.75) is 123 Å². The summed E-state index contributed by atoms with van der Waals surface area (Å²) in [4.78, 5) is 52.4. The van der Waals surface area contributed by atoms with Crippen LogP contribution in [0.15, 0.2) is 0 Å². The van der Waals surface area contributed by atoms with Crippen molar-refractivity contribution >= 4 is 35.8 Å². The normalized spacial score (nSPS) is 19.4. The van der Waals surface area contributed by atoms with E-state index in [0.717, 1.165) is 12.7 Å². The number of nitrogens with zero attached hydrogens (tertiary/aromatic N) is 1. The minimum atomic E-state index is -0.838. The first-order valence-corrected chi connectivity index (χ1v) is 13.0. The molecule has 34 heavy (non-hydrogen) atoms. The van der Waals surface area contributed by atoms with Gasteiger partial charge in [-0.05, 0) is 66.8 Å². The van der Waals surface area contributed by atoms with Crippen LogP contribution >= 0.6 is 11.8 Å². The second-order valence-corrected chi connectivity index (χ2v) is 15.2. The van der Waals surface area contributed by atoms with E-state index in [1.165, 1.54) is 16.7 Å². The van der Waals surface area contributed by atoms with E-state index in [4.69, 9.17) is 0 Å². The maximum absolute atomic E-state index is 13.4. The Bertz CT molecular complexity index is 796. The van der Waals surface area contributed by atoms with Crippen LogP contribution in [0.2, 0.25) is 0 Å². The predicted octanol–water partition coefficient (Wildman–Crippen LogP) is 3.94. The number of carbonyl (C=O) groups excluding carboxylic acids is 4. The van der Waals surface area contributed by atoms with E-state index in [9.17, 15) is 19.2 Å². The molecule has 0 saturated carbocycles. The topological polar surface area (TPSA) is 95.6 Å². The zero-order valence-electron chi connectivity index (χ0n) is 23.3. The van der Waals surface area contributed by atoms with Crippen LogP contribution in [0.25, 0.3) is 0 Å². The highest BCUT2D eigenvalue weighted by atomic mass is 32.2. The summed E-state index contributed by atoms with van der Waals surface area (Å²) in [5, 5.41) is 5.59. The maximum Gasteiger partial charge on any atom is 0.243 e. The molecule has 1 fully saturated rings. The molecule has 2 N–H and O–H groups in total. The number of likely N-dealkylation sites (tertiary alicyclic amines) is 1.